The Morgan fingerprint density at radius 3 is 0.939 bits per heavy atom. The molecule has 9 nitrogen and oxygen atoms in total. The third kappa shape index (κ3) is 12.9. The quantitative estimate of drug-likeness (QED) is 0.247. The second-order valence-electron chi connectivity index (χ2n) is 9.61. The van der Waals surface area contributed by atoms with Crippen LogP contribution in [-0.4, -0.2) is 53.5 Å². The van der Waals surface area contributed by atoms with Crippen LogP contribution in [0.15, 0.2) is 0 Å². The van der Waals surface area contributed by atoms with Gasteiger partial charge in [0.25, 0.3) is 0 Å². The summed E-state index contributed by atoms with van der Waals surface area (Å²) in [5.41, 5.74) is 0. The van der Waals surface area contributed by atoms with Gasteiger partial charge in [-0.25, -0.2) is 0 Å². The SMILES string of the molecule is CCC(Nc1nc(NC(CC)OCC(C)C)nc(NC(CC)OCC(C)C)n1)OCC(C)C. The van der Waals surface area contributed by atoms with Gasteiger partial charge in [-0.1, -0.05) is 62.3 Å². The van der Waals surface area contributed by atoms with Crippen LogP contribution in [0.5, 0.6) is 0 Å². The maximum atomic E-state index is 5.97. The predicted octanol–water partition coefficient (Wildman–Crippen LogP) is 5.33. The highest BCUT2D eigenvalue weighted by molar-refractivity contribution is 5.43. The summed E-state index contributed by atoms with van der Waals surface area (Å²) in [6, 6.07) is 0. The van der Waals surface area contributed by atoms with E-state index in [4.69, 9.17) is 14.2 Å². The normalized spacial score (nSPS) is 14.5. The first-order chi connectivity index (χ1) is 15.7. The van der Waals surface area contributed by atoms with Gasteiger partial charge in [0.05, 0.1) is 19.8 Å². The molecule has 0 aliphatic carbocycles. The number of aromatic nitrogens is 3. The molecule has 3 N–H and O–H groups in total. The van der Waals surface area contributed by atoms with Crippen molar-refractivity contribution < 1.29 is 14.2 Å². The van der Waals surface area contributed by atoms with Gasteiger partial charge in [0, 0.05) is 0 Å². The van der Waals surface area contributed by atoms with Crippen molar-refractivity contribution in [2.75, 3.05) is 35.8 Å². The minimum atomic E-state index is -0.186. The van der Waals surface area contributed by atoms with Gasteiger partial charge in [-0.05, 0) is 37.0 Å². The van der Waals surface area contributed by atoms with Gasteiger partial charge >= 0.3 is 0 Å². The lowest BCUT2D eigenvalue weighted by molar-refractivity contribution is 0.0494. The number of ether oxygens (including phenoxy) is 3. The van der Waals surface area contributed by atoms with Crippen molar-refractivity contribution in [1.82, 2.24) is 15.0 Å². The van der Waals surface area contributed by atoms with E-state index < -0.39 is 0 Å². The number of hydrogen-bond donors (Lipinski definition) is 3. The zero-order valence-electron chi connectivity index (χ0n) is 22.3. The van der Waals surface area contributed by atoms with Crippen LogP contribution in [0.1, 0.15) is 81.6 Å². The molecule has 0 spiro atoms. The summed E-state index contributed by atoms with van der Waals surface area (Å²) in [6.07, 6.45) is 1.80. The highest BCUT2D eigenvalue weighted by atomic mass is 16.5. The van der Waals surface area contributed by atoms with E-state index in [1.165, 1.54) is 0 Å². The van der Waals surface area contributed by atoms with E-state index in [9.17, 15) is 0 Å². The molecule has 1 aromatic rings. The topological polar surface area (TPSA) is 102 Å². The maximum Gasteiger partial charge on any atom is 0.231 e. The van der Waals surface area contributed by atoms with E-state index in [0.717, 1.165) is 19.3 Å². The summed E-state index contributed by atoms with van der Waals surface area (Å²) in [5, 5.41) is 9.91. The fourth-order valence-electron chi connectivity index (χ4n) is 2.71. The zero-order chi connectivity index (χ0) is 24.8. The summed E-state index contributed by atoms with van der Waals surface area (Å²) in [7, 11) is 0. The zero-order valence-corrected chi connectivity index (χ0v) is 22.3. The molecular weight excluding hydrogens is 420 g/mol. The number of nitrogens with one attached hydrogen (secondary N) is 3. The van der Waals surface area contributed by atoms with Crippen LogP contribution in [-0.2, 0) is 14.2 Å². The van der Waals surface area contributed by atoms with Gasteiger partial charge in [-0.2, -0.15) is 15.0 Å². The van der Waals surface area contributed by atoms with Crippen molar-refractivity contribution >= 4 is 17.8 Å². The Kier molecular flexibility index (Phi) is 14.2. The number of anilines is 3. The largest absolute Gasteiger partial charge is 0.358 e. The predicted molar refractivity (Wildman–Crippen MR) is 135 cm³/mol. The Bertz CT molecular complexity index is 547. The Morgan fingerprint density at radius 1 is 0.515 bits per heavy atom. The van der Waals surface area contributed by atoms with E-state index in [2.05, 4.69) is 93.2 Å². The van der Waals surface area contributed by atoms with E-state index in [-0.39, 0.29) is 18.7 Å². The minimum Gasteiger partial charge on any atom is -0.358 e. The molecule has 1 heterocycles. The Balaban J connectivity index is 3.06. The lowest BCUT2D eigenvalue weighted by Gasteiger charge is -2.23. The fraction of sp³-hybridized carbons (Fsp3) is 0.875. The van der Waals surface area contributed by atoms with Crippen molar-refractivity contribution in [3.05, 3.63) is 0 Å². The molecule has 1 aromatic heterocycles. The molecule has 3 unspecified atom stereocenters. The standard InChI is InChI=1S/C24H48N6O3/c1-10-19(31-13-16(4)5)25-22-28-23(26-20(11-2)32-14-17(6)7)30-24(29-22)27-21(12-3)33-15-18(8)9/h16-21H,10-15H2,1-9H3,(H3,25,26,27,28,29,30). The molecule has 192 valence electrons. The Labute approximate surface area is 201 Å². The molecule has 0 aliphatic rings. The van der Waals surface area contributed by atoms with Crippen LogP contribution >= 0.6 is 0 Å². The first-order valence-electron chi connectivity index (χ1n) is 12.6. The second-order valence-corrected chi connectivity index (χ2v) is 9.61. The van der Waals surface area contributed by atoms with Crippen LogP contribution < -0.4 is 16.0 Å². The number of rotatable bonds is 18. The molecule has 0 saturated carbocycles. The first-order valence-corrected chi connectivity index (χ1v) is 12.6. The Morgan fingerprint density at radius 2 is 0.758 bits per heavy atom. The minimum absolute atomic E-state index is 0.186. The van der Waals surface area contributed by atoms with Crippen LogP contribution in [0.25, 0.3) is 0 Å². The molecule has 0 saturated heterocycles. The molecule has 33 heavy (non-hydrogen) atoms. The average molecular weight is 469 g/mol. The maximum absolute atomic E-state index is 5.97. The van der Waals surface area contributed by atoms with Gasteiger partial charge in [-0.3, -0.25) is 0 Å². The summed E-state index contributed by atoms with van der Waals surface area (Å²) < 4.78 is 17.9. The molecule has 0 aromatic carbocycles. The van der Waals surface area contributed by atoms with E-state index in [0.29, 0.717) is 55.4 Å². The van der Waals surface area contributed by atoms with E-state index in [1.54, 1.807) is 0 Å². The molecule has 0 fully saturated rings. The van der Waals surface area contributed by atoms with Gasteiger partial charge in [0.15, 0.2) is 0 Å². The molecule has 0 amide bonds. The van der Waals surface area contributed by atoms with Gasteiger partial charge in [0.1, 0.15) is 18.7 Å². The highest BCUT2D eigenvalue weighted by Gasteiger charge is 2.17. The van der Waals surface area contributed by atoms with Crippen molar-refractivity contribution in [3.63, 3.8) is 0 Å². The monoisotopic (exact) mass is 468 g/mol. The number of hydrogen-bond acceptors (Lipinski definition) is 9. The highest BCUT2D eigenvalue weighted by Crippen LogP contribution is 2.16. The summed E-state index contributed by atoms with van der Waals surface area (Å²) in [6.45, 7) is 21.0. The smallest absolute Gasteiger partial charge is 0.231 e. The second kappa shape index (κ2) is 16.0. The molecule has 0 radical (unpaired) electrons. The molecule has 0 aliphatic heterocycles. The molecule has 1 rings (SSSR count). The third-order valence-corrected chi connectivity index (χ3v) is 4.51. The van der Waals surface area contributed by atoms with E-state index >= 15 is 0 Å². The molecule has 0 bridgehead atoms. The summed E-state index contributed by atoms with van der Waals surface area (Å²) in [5.74, 6) is 2.68. The molecule has 9 heteroatoms. The van der Waals surface area contributed by atoms with Gasteiger partial charge in [-0.15, -0.1) is 0 Å². The van der Waals surface area contributed by atoms with Crippen LogP contribution in [0.3, 0.4) is 0 Å². The first kappa shape index (κ1) is 29.3. The van der Waals surface area contributed by atoms with Crippen LogP contribution in [0.4, 0.5) is 17.8 Å². The molecular formula is C24H48N6O3. The van der Waals surface area contributed by atoms with Crippen molar-refractivity contribution in [3.8, 4) is 0 Å². The van der Waals surface area contributed by atoms with Crippen molar-refractivity contribution in [2.45, 2.75) is 100 Å². The number of nitrogens with zero attached hydrogens (tertiary/aromatic N) is 3. The average Bonchev–Trinajstić information content (AvgIpc) is 2.76. The third-order valence-electron chi connectivity index (χ3n) is 4.51. The van der Waals surface area contributed by atoms with Crippen molar-refractivity contribution in [1.29, 1.82) is 0 Å². The van der Waals surface area contributed by atoms with Gasteiger partial charge < -0.3 is 30.2 Å². The van der Waals surface area contributed by atoms with E-state index in [1.807, 2.05) is 0 Å². The summed E-state index contributed by atoms with van der Waals surface area (Å²) in [4.78, 5) is 13.8. The van der Waals surface area contributed by atoms with Crippen molar-refractivity contribution in [2.24, 2.45) is 17.8 Å². The van der Waals surface area contributed by atoms with Gasteiger partial charge in [0.2, 0.25) is 17.8 Å². The van der Waals surface area contributed by atoms with Crippen LogP contribution in [0.2, 0.25) is 0 Å². The fourth-order valence-corrected chi connectivity index (χ4v) is 2.71. The van der Waals surface area contributed by atoms with Crippen LogP contribution in [0, 0.1) is 17.8 Å². The summed E-state index contributed by atoms with van der Waals surface area (Å²) >= 11 is 0. The lowest BCUT2D eigenvalue weighted by atomic mass is 10.2. The molecule has 3 atom stereocenters. The lowest BCUT2D eigenvalue weighted by Crippen LogP contribution is -2.29. The Hall–Kier alpha value is -1.71.